The molecule has 1 aliphatic heterocycles. The van der Waals surface area contributed by atoms with Gasteiger partial charge in [-0.05, 0) is 66.5 Å². The Labute approximate surface area is 88.8 Å². The largest absolute Gasteiger partial charge is 0.320 e. The average molecular weight is 198 g/mol. The molecular weight excluding hydrogens is 172 g/mol. The summed E-state index contributed by atoms with van der Waals surface area (Å²) in [6, 6.07) is 0. The van der Waals surface area contributed by atoms with Gasteiger partial charge >= 0.3 is 0 Å². The van der Waals surface area contributed by atoms with Crippen molar-refractivity contribution < 1.29 is 0 Å². The van der Waals surface area contributed by atoms with Crippen LogP contribution in [0.15, 0.2) is 0 Å². The highest BCUT2D eigenvalue weighted by molar-refractivity contribution is 4.96. The number of piperidine rings is 1. The fraction of sp³-hybridized carbons (Fsp3) is 1.00. The minimum absolute atomic E-state index is 0.306. The van der Waals surface area contributed by atoms with Gasteiger partial charge in [-0.2, -0.15) is 0 Å². The van der Waals surface area contributed by atoms with E-state index in [1.54, 1.807) is 0 Å². The van der Waals surface area contributed by atoms with Crippen LogP contribution >= 0.6 is 0 Å². The maximum atomic E-state index is 3.72. The third-order valence-electron chi connectivity index (χ3n) is 3.08. The Bertz CT molecular complexity index is 169. The Balaban J connectivity index is 2.53. The first-order valence-corrected chi connectivity index (χ1v) is 5.79. The zero-order valence-electron chi connectivity index (χ0n) is 10.4. The molecule has 84 valence electrons. The predicted molar refractivity (Wildman–Crippen MR) is 62.6 cm³/mol. The molecule has 1 fully saturated rings. The van der Waals surface area contributed by atoms with E-state index in [-0.39, 0.29) is 0 Å². The molecule has 0 amide bonds. The van der Waals surface area contributed by atoms with E-state index in [1.807, 2.05) is 7.05 Å². The molecule has 0 radical (unpaired) electrons. The highest BCUT2D eigenvalue weighted by Crippen LogP contribution is 2.34. The first-order chi connectivity index (χ1) is 6.35. The molecule has 2 N–H and O–H groups in total. The van der Waals surface area contributed by atoms with Gasteiger partial charge in [0.2, 0.25) is 0 Å². The third kappa shape index (κ3) is 3.58. The van der Waals surface area contributed by atoms with Crippen LogP contribution in [0.25, 0.3) is 0 Å². The number of hydrogen-bond donors (Lipinski definition) is 2. The minimum atomic E-state index is 0.306. The molecule has 0 aromatic carbocycles. The zero-order chi connectivity index (χ0) is 10.8. The van der Waals surface area contributed by atoms with Gasteiger partial charge in [0.25, 0.3) is 0 Å². The summed E-state index contributed by atoms with van der Waals surface area (Å²) in [5, 5.41) is 6.97. The quantitative estimate of drug-likeness (QED) is 0.726. The van der Waals surface area contributed by atoms with E-state index < -0.39 is 0 Å². The molecule has 0 spiro atoms. The van der Waals surface area contributed by atoms with Gasteiger partial charge in [-0.3, -0.25) is 0 Å². The van der Waals surface area contributed by atoms with Crippen LogP contribution in [0.5, 0.6) is 0 Å². The van der Waals surface area contributed by atoms with Gasteiger partial charge in [-0.25, -0.2) is 0 Å². The van der Waals surface area contributed by atoms with Crippen molar-refractivity contribution in [3.63, 3.8) is 0 Å². The Morgan fingerprint density at radius 2 is 1.64 bits per heavy atom. The highest BCUT2D eigenvalue weighted by Gasteiger charge is 2.36. The van der Waals surface area contributed by atoms with Crippen LogP contribution in [0.1, 0.15) is 47.0 Å². The molecule has 0 bridgehead atoms. The lowest BCUT2D eigenvalue weighted by atomic mass is 9.75. The second-order valence-corrected chi connectivity index (χ2v) is 6.06. The van der Waals surface area contributed by atoms with Crippen molar-refractivity contribution in [3.05, 3.63) is 0 Å². The summed E-state index contributed by atoms with van der Waals surface area (Å²) in [4.78, 5) is 0. The van der Waals surface area contributed by atoms with Gasteiger partial charge in [0.15, 0.2) is 0 Å². The fourth-order valence-corrected chi connectivity index (χ4v) is 3.09. The number of rotatable bonds is 3. The van der Waals surface area contributed by atoms with Crippen molar-refractivity contribution in [3.8, 4) is 0 Å². The molecule has 0 aromatic rings. The summed E-state index contributed by atoms with van der Waals surface area (Å²) in [5.41, 5.74) is 0.611. The molecule has 2 heteroatoms. The molecule has 0 saturated carbocycles. The summed E-state index contributed by atoms with van der Waals surface area (Å²) in [5.74, 6) is 0.869. The molecular formula is C12H26N2. The number of nitrogens with one attached hydrogen (secondary N) is 2. The smallest absolute Gasteiger partial charge is 0.0132 e. The first-order valence-electron chi connectivity index (χ1n) is 5.79. The van der Waals surface area contributed by atoms with Crippen LogP contribution in [0, 0.1) is 5.92 Å². The van der Waals surface area contributed by atoms with E-state index in [0.717, 1.165) is 12.5 Å². The summed E-state index contributed by atoms with van der Waals surface area (Å²) < 4.78 is 0. The van der Waals surface area contributed by atoms with Crippen molar-refractivity contribution in [1.29, 1.82) is 0 Å². The monoisotopic (exact) mass is 198 g/mol. The average Bonchev–Trinajstić information content (AvgIpc) is 1.94. The van der Waals surface area contributed by atoms with E-state index in [0.29, 0.717) is 11.1 Å². The molecule has 0 aliphatic carbocycles. The first kappa shape index (κ1) is 12.0. The standard InChI is InChI=1S/C12H26N2/c1-11(2)8-10(6-7-13-5)9-12(3,4)14-11/h10,13-14H,6-9H2,1-5H3. The van der Waals surface area contributed by atoms with E-state index in [9.17, 15) is 0 Å². The van der Waals surface area contributed by atoms with Crippen LogP contribution in [0.4, 0.5) is 0 Å². The second kappa shape index (κ2) is 4.19. The van der Waals surface area contributed by atoms with E-state index in [4.69, 9.17) is 0 Å². The summed E-state index contributed by atoms with van der Waals surface area (Å²) >= 11 is 0. The van der Waals surface area contributed by atoms with Crippen molar-refractivity contribution >= 4 is 0 Å². The molecule has 0 aromatic heterocycles. The topological polar surface area (TPSA) is 24.1 Å². The molecule has 1 aliphatic rings. The maximum Gasteiger partial charge on any atom is 0.0132 e. The Kier molecular flexibility index (Phi) is 3.59. The highest BCUT2D eigenvalue weighted by atomic mass is 15.0. The van der Waals surface area contributed by atoms with Gasteiger partial charge in [0, 0.05) is 11.1 Å². The lowest BCUT2D eigenvalue weighted by Gasteiger charge is -2.46. The lowest BCUT2D eigenvalue weighted by molar-refractivity contribution is 0.124. The van der Waals surface area contributed by atoms with Crippen molar-refractivity contribution in [2.45, 2.75) is 58.0 Å². The third-order valence-corrected chi connectivity index (χ3v) is 3.08. The van der Waals surface area contributed by atoms with E-state index in [1.165, 1.54) is 19.3 Å². The predicted octanol–water partition coefficient (Wildman–Crippen LogP) is 2.15. The molecule has 2 nitrogen and oxygen atoms in total. The lowest BCUT2D eigenvalue weighted by Crippen LogP contribution is -2.57. The van der Waals surface area contributed by atoms with Crippen LogP contribution in [-0.2, 0) is 0 Å². The van der Waals surface area contributed by atoms with Crippen molar-refractivity contribution in [1.82, 2.24) is 10.6 Å². The molecule has 1 rings (SSSR count). The van der Waals surface area contributed by atoms with Crippen LogP contribution < -0.4 is 10.6 Å². The SMILES string of the molecule is CNCCC1CC(C)(C)NC(C)(C)C1. The summed E-state index contributed by atoms with van der Waals surface area (Å²) in [6.45, 7) is 10.4. The zero-order valence-corrected chi connectivity index (χ0v) is 10.4. The molecule has 1 heterocycles. The Morgan fingerprint density at radius 1 is 1.14 bits per heavy atom. The summed E-state index contributed by atoms with van der Waals surface area (Å²) in [7, 11) is 2.04. The van der Waals surface area contributed by atoms with Crippen molar-refractivity contribution in [2.24, 2.45) is 5.92 Å². The number of hydrogen-bond acceptors (Lipinski definition) is 2. The van der Waals surface area contributed by atoms with Gasteiger partial charge < -0.3 is 10.6 Å². The summed E-state index contributed by atoms with van der Waals surface area (Å²) in [6.07, 6.45) is 3.92. The van der Waals surface area contributed by atoms with Gasteiger partial charge in [0.1, 0.15) is 0 Å². The van der Waals surface area contributed by atoms with Crippen LogP contribution in [0.3, 0.4) is 0 Å². The van der Waals surface area contributed by atoms with Gasteiger partial charge in [-0.15, -0.1) is 0 Å². The molecule has 0 atom stereocenters. The van der Waals surface area contributed by atoms with E-state index in [2.05, 4.69) is 38.3 Å². The van der Waals surface area contributed by atoms with Gasteiger partial charge in [-0.1, -0.05) is 0 Å². The van der Waals surface area contributed by atoms with Crippen LogP contribution in [-0.4, -0.2) is 24.7 Å². The normalized spacial score (nSPS) is 26.4. The van der Waals surface area contributed by atoms with Crippen molar-refractivity contribution in [2.75, 3.05) is 13.6 Å². The molecule has 0 unspecified atom stereocenters. The second-order valence-electron chi connectivity index (χ2n) is 6.06. The van der Waals surface area contributed by atoms with Crippen LogP contribution in [0.2, 0.25) is 0 Å². The molecule has 14 heavy (non-hydrogen) atoms. The molecule has 1 saturated heterocycles. The Morgan fingerprint density at radius 3 is 2.07 bits per heavy atom. The minimum Gasteiger partial charge on any atom is -0.320 e. The Hall–Kier alpha value is -0.0800. The van der Waals surface area contributed by atoms with Gasteiger partial charge in [0.05, 0.1) is 0 Å². The van der Waals surface area contributed by atoms with E-state index >= 15 is 0 Å². The fourth-order valence-electron chi connectivity index (χ4n) is 3.09. The maximum absolute atomic E-state index is 3.72.